The van der Waals surface area contributed by atoms with Crippen molar-refractivity contribution in [2.24, 2.45) is 7.05 Å². The Labute approximate surface area is 204 Å². The minimum atomic E-state index is -4.00. The van der Waals surface area contributed by atoms with Crippen LogP contribution in [0.3, 0.4) is 0 Å². The maximum Gasteiger partial charge on any atom is 0.299 e. The van der Waals surface area contributed by atoms with E-state index in [1.807, 2.05) is 0 Å². The lowest BCUT2D eigenvalue weighted by Crippen LogP contribution is -2.37. The lowest BCUT2D eigenvalue weighted by molar-refractivity contribution is 0.150. The molecule has 1 saturated carbocycles. The van der Waals surface area contributed by atoms with Crippen molar-refractivity contribution in [3.8, 4) is 10.7 Å². The first-order valence-electron chi connectivity index (χ1n) is 11.5. The summed E-state index contributed by atoms with van der Waals surface area (Å²) < 4.78 is 57.4. The summed E-state index contributed by atoms with van der Waals surface area (Å²) in [5.41, 5.74) is 0.887. The number of hydrogen-bond donors (Lipinski definition) is 2. The van der Waals surface area contributed by atoms with Crippen LogP contribution in [0.4, 0.5) is 8.78 Å². The number of halogens is 2. The molecule has 2 unspecified atom stereocenters. The van der Waals surface area contributed by atoms with E-state index in [-0.39, 0.29) is 15.8 Å². The molecule has 2 atom stereocenters. The highest BCUT2D eigenvalue weighted by Crippen LogP contribution is 2.44. The number of piperidine rings is 1. The number of alkyl halides is 2. The number of rotatable bonds is 6. The molecule has 2 aliphatic heterocycles. The molecule has 13 heteroatoms. The Morgan fingerprint density at radius 1 is 1.26 bits per heavy atom. The maximum absolute atomic E-state index is 13.4. The molecule has 4 heterocycles. The normalized spacial score (nSPS) is 25.3. The number of nitrogens with one attached hydrogen (secondary N) is 2. The summed E-state index contributed by atoms with van der Waals surface area (Å²) in [6.45, 7) is 7.38. The van der Waals surface area contributed by atoms with E-state index < -0.39 is 27.1 Å². The molecule has 6 rings (SSSR count). The van der Waals surface area contributed by atoms with Crippen molar-refractivity contribution < 1.29 is 17.2 Å². The molecular weight excluding hydrogens is 496 g/mol. The van der Waals surface area contributed by atoms with Crippen molar-refractivity contribution in [1.29, 1.82) is 0 Å². The van der Waals surface area contributed by atoms with Gasteiger partial charge in [-0.1, -0.05) is 11.3 Å². The second kappa shape index (κ2) is 7.99. The molecule has 184 valence electrons. The van der Waals surface area contributed by atoms with Crippen LogP contribution in [0.15, 0.2) is 17.0 Å². The first-order valence-corrected chi connectivity index (χ1v) is 13.8. The molecule has 2 bridgehead atoms. The molecule has 2 aromatic heterocycles. The van der Waals surface area contributed by atoms with Gasteiger partial charge < -0.3 is 5.32 Å². The van der Waals surface area contributed by atoms with Gasteiger partial charge in [0.1, 0.15) is 5.69 Å². The third kappa shape index (κ3) is 3.92. The number of aromatic nitrogens is 4. The van der Waals surface area contributed by atoms with Crippen molar-refractivity contribution in [1.82, 2.24) is 30.0 Å². The van der Waals surface area contributed by atoms with Crippen LogP contribution < -0.4 is 10.0 Å². The van der Waals surface area contributed by atoms with Gasteiger partial charge in [-0.3, -0.25) is 9.53 Å². The lowest BCUT2D eigenvalue weighted by atomic mass is 9.85. The van der Waals surface area contributed by atoms with Gasteiger partial charge in [-0.05, 0) is 49.3 Å². The Kier molecular flexibility index (Phi) is 5.23. The van der Waals surface area contributed by atoms with E-state index in [0.717, 1.165) is 48.1 Å². The fourth-order valence-corrected chi connectivity index (χ4v) is 7.56. The highest BCUT2D eigenvalue weighted by atomic mass is 32.2. The second-order valence-electron chi connectivity index (χ2n) is 9.68. The van der Waals surface area contributed by atoms with Gasteiger partial charge in [-0.25, -0.2) is 23.8 Å². The highest BCUT2D eigenvalue weighted by molar-refractivity contribution is 7.89. The predicted octanol–water partition coefficient (Wildman–Crippen LogP) is 3.72. The third-order valence-electron chi connectivity index (χ3n) is 7.26. The predicted molar refractivity (Wildman–Crippen MR) is 125 cm³/mol. The standard InChI is InChI=1S/C22H23F2N7O2S2/c1-25-22(5-6-22)30-35(32,33)14-9-15(11-7-12-3-4-13(8-11)26-12)18-16(10-14)17(29-31(18)2)20-27-28-21(34-20)19(23)24/h9-13,19,26,30H,3-8H2,2H3. The number of sulfonamides is 1. The van der Waals surface area contributed by atoms with Gasteiger partial charge >= 0.3 is 0 Å². The Morgan fingerprint density at radius 2 is 1.97 bits per heavy atom. The van der Waals surface area contributed by atoms with E-state index in [2.05, 4.69) is 30.2 Å². The van der Waals surface area contributed by atoms with Crippen molar-refractivity contribution in [2.75, 3.05) is 0 Å². The second-order valence-corrected chi connectivity index (χ2v) is 12.4. The van der Waals surface area contributed by atoms with Crippen LogP contribution in [0.5, 0.6) is 0 Å². The minimum absolute atomic E-state index is 0.0497. The van der Waals surface area contributed by atoms with Crippen LogP contribution >= 0.6 is 11.3 Å². The van der Waals surface area contributed by atoms with Gasteiger partial charge in [0.2, 0.25) is 10.0 Å². The van der Waals surface area contributed by atoms with E-state index in [4.69, 9.17) is 6.57 Å². The van der Waals surface area contributed by atoms with Crippen LogP contribution in [0, 0.1) is 6.57 Å². The monoisotopic (exact) mass is 519 g/mol. The zero-order valence-corrected chi connectivity index (χ0v) is 20.5. The smallest absolute Gasteiger partial charge is 0.299 e. The SMILES string of the molecule is [C-]#[N+]C1(NS(=O)(=O)c2cc(C3CC4CCC(C3)N4)c3c(c2)c(-c2nnc(C(F)F)s2)nn3C)CC1. The van der Waals surface area contributed by atoms with E-state index in [9.17, 15) is 17.2 Å². The molecule has 0 spiro atoms. The zero-order valence-electron chi connectivity index (χ0n) is 18.8. The van der Waals surface area contributed by atoms with Crippen molar-refractivity contribution >= 4 is 32.3 Å². The zero-order chi connectivity index (χ0) is 24.5. The van der Waals surface area contributed by atoms with Crippen LogP contribution in [0.1, 0.15) is 61.4 Å². The Bertz CT molecular complexity index is 1460. The molecule has 2 saturated heterocycles. The fourth-order valence-electron chi connectivity index (χ4n) is 5.44. The Morgan fingerprint density at radius 3 is 2.57 bits per heavy atom. The molecule has 3 aromatic rings. The van der Waals surface area contributed by atoms with E-state index in [1.165, 1.54) is 6.07 Å². The van der Waals surface area contributed by atoms with E-state index >= 15 is 0 Å². The quantitative estimate of drug-likeness (QED) is 0.481. The summed E-state index contributed by atoms with van der Waals surface area (Å²) >= 11 is 0.749. The summed E-state index contributed by atoms with van der Waals surface area (Å²) in [6.07, 6.45) is 2.14. The lowest BCUT2D eigenvalue weighted by Gasteiger charge is -2.30. The van der Waals surface area contributed by atoms with Gasteiger partial charge in [-0.15, -0.1) is 14.9 Å². The topological polar surface area (TPSA) is 106 Å². The minimum Gasteiger partial charge on any atom is -0.311 e. The fraction of sp³-hybridized carbons (Fsp3) is 0.545. The Hall–Kier alpha value is -2.53. The molecule has 9 nitrogen and oxygen atoms in total. The maximum atomic E-state index is 13.4. The van der Waals surface area contributed by atoms with Crippen LogP contribution in [-0.2, 0) is 17.1 Å². The first kappa shape index (κ1) is 22.9. The van der Waals surface area contributed by atoms with Gasteiger partial charge in [0.05, 0.1) is 23.3 Å². The van der Waals surface area contributed by atoms with Gasteiger partial charge in [0.25, 0.3) is 12.1 Å². The van der Waals surface area contributed by atoms with Crippen LogP contribution in [-0.4, -0.2) is 46.1 Å². The van der Waals surface area contributed by atoms with E-state index in [0.29, 0.717) is 36.0 Å². The van der Waals surface area contributed by atoms with Gasteiger partial charge in [0.15, 0.2) is 10.0 Å². The van der Waals surface area contributed by atoms with Gasteiger partial charge in [-0.2, -0.15) is 5.10 Å². The summed E-state index contributed by atoms with van der Waals surface area (Å²) in [6, 6.07) is 3.99. The average molecular weight is 520 g/mol. The molecule has 3 fully saturated rings. The van der Waals surface area contributed by atoms with E-state index in [1.54, 1.807) is 17.8 Å². The summed E-state index contributed by atoms with van der Waals surface area (Å²) in [7, 11) is -2.23. The number of fused-ring (bicyclic) bond motifs is 3. The third-order valence-corrected chi connectivity index (χ3v) is 9.70. The number of nitrogens with zero attached hydrogens (tertiary/aromatic N) is 5. The van der Waals surface area contributed by atoms with Gasteiger partial charge in [0, 0.05) is 24.5 Å². The number of benzene rings is 1. The molecule has 1 aromatic carbocycles. The summed E-state index contributed by atoms with van der Waals surface area (Å²) in [5, 5.41) is 16.0. The number of hydrogen-bond acceptors (Lipinski definition) is 7. The Balaban J connectivity index is 1.53. The number of aryl methyl sites for hydroxylation is 1. The summed E-state index contributed by atoms with van der Waals surface area (Å²) in [4.78, 5) is 3.53. The molecule has 3 aliphatic rings. The molecule has 0 radical (unpaired) electrons. The molecule has 0 amide bonds. The van der Waals surface area contributed by atoms with Crippen molar-refractivity contribution in [3.63, 3.8) is 0 Å². The van der Waals surface area contributed by atoms with Crippen LogP contribution in [0.2, 0.25) is 0 Å². The molecule has 35 heavy (non-hydrogen) atoms. The highest BCUT2D eigenvalue weighted by Gasteiger charge is 2.54. The summed E-state index contributed by atoms with van der Waals surface area (Å²) in [5.74, 6) is 0.122. The van der Waals surface area contributed by atoms with Crippen molar-refractivity contribution in [2.45, 2.75) is 73.5 Å². The molecular formula is C22H23F2N7O2S2. The van der Waals surface area contributed by atoms with Crippen LogP contribution in [0.25, 0.3) is 26.4 Å². The first-order chi connectivity index (χ1) is 16.7. The average Bonchev–Trinajstić information content (AvgIpc) is 3.13. The van der Waals surface area contributed by atoms with Crippen molar-refractivity contribution in [3.05, 3.63) is 34.1 Å². The largest absolute Gasteiger partial charge is 0.311 e. The molecule has 2 N–H and O–H groups in total. The molecule has 1 aliphatic carbocycles.